The smallest absolute Gasteiger partial charge is 0.204 e. The fourth-order valence-electron chi connectivity index (χ4n) is 3.31. The highest BCUT2D eigenvalue weighted by molar-refractivity contribution is 5.63. The largest absolute Gasteiger partial charge is 0.490 e. The van der Waals surface area contributed by atoms with Crippen LogP contribution in [0.1, 0.15) is 25.7 Å². The van der Waals surface area contributed by atoms with Crippen LogP contribution in [0.5, 0.6) is 5.75 Å². The molecule has 2 aliphatic rings. The zero-order valence-electron chi connectivity index (χ0n) is 12.1. The van der Waals surface area contributed by atoms with E-state index in [0.717, 1.165) is 18.9 Å². The normalized spacial score (nSPS) is 24.1. The molecule has 0 amide bonds. The van der Waals surface area contributed by atoms with Crippen molar-refractivity contribution in [2.24, 2.45) is 0 Å². The molecular weight excluding hydrogens is 254 g/mol. The molecule has 2 saturated heterocycles. The lowest BCUT2D eigenvalue weighted by molar-refractivity contribution is 0.174. The van der Waals surface area contributed by atoms with Crippen molar-refractivity contribution in [3.05, 3.63) is 6.33 Å². The Morgan fingerprint density at radius 2 is 2.00 bits per heavy atom. The van der Waals surface area contributed by atoms with Gasteiger partial charge >= 0.3 is 0 Å². The predicted molar refractivity (Wildman–Crippen MR) is 79.0 cm³/mol. The molecular formula is C14H23N5O. The first-order valence-electron chi connectivity index (χ1n) is 7.43. The number of aromatic nitrogens is 2. The number of hydrogen-bond donors (Lipinski definition) is 1. The lowest BCUT2D eigenvalue weighted by atomic mass is 10.1. The van der Waals surface area contributed by atoms with Crippen LogP contribution in [0.4, 0.5) is 11.6 Å². The molecule has 0 spiro atoms. The third-order valence-corrected chi connectivity index (χ3v) is 4.39. The molecule has 1 atom stereocenters. The molecule has 1 aromatic heterocycles. The Balaban J connectivity index is 1.72. The lowest BCUT2D eigenvalue weighted by Crippen LogP contribution is -2.41. The monoisotopic (exact) mass is 277 g/mol. The van der Waals surface area contributed by atoms with Gasteiger partial charge in [-0.3, -0.25) is 4.90 Å². The SMILES string of the molecule is COc1c(N)ncnc1N1CCC(N2CCCCC2)C1. The molecule has 20 heavy (non-hydrogen) atoms. The minimum Gasteiger partial charge on any atom is -0.490 e. The molecule has 2 N–H and O–H groups in total. The van der Waals surface area contributed by atoms with Crippen molar-refractivity contribution < 1.29 is 4.74 Å². The Labute approximate surface area is 119 Å². The topological polar surface area (TPSA) is 67.5 Å². The first-order chi connectivity index (χ1) is 9.79. The maximum absolute atomic E-state index is 5.86. The Kier molecular flexibility index (Phi) is 3.91. The van der Waals surface area contributed by atoms with Crippen LogP contribution in [0.2, 0.25) is 0 Å². The van der Waals surface area contributed by atoms with E-state index in [1.54, 1.807) is 7.11 Å². The second-order valence-electron chi connectivity index (χ2n) is 5.60. The molecule has 0 aliphatic carbocycles. The van der Waals surface area contributed by atoms with Gasteiger partial charge in [0.25, 0.3) is 0 Å². The molecule has 1 aromatic rings. The van der Waals surface area contributed by atoms with Crippen molar-refractivity contribution in [2.75, 3.05) is 43.9 Å². The maximum Gasteiger partial charge on any atom is 0.204 e. The molecule has 0 radical (unpaired) electrons. The van der Waals surface area contributed by atoms with Gasteiger partial charge in [-0.25, -0.2) is 9.97 Å². The van der Waals surface area contributed by atoms with E-state index in [9.17, 15) is 0 Å². The van der Waals surface area contributed by atoms with Crippen LogP contribution in [-0.4, -0.2) is 54.2 Å². The van der Waals surface area contributed by atoms with E-state index >= 15 is 0 Å². The van der Waals surface area contributed by atoms with Crippen LogP contribution in [0.15, 0.2) is 6.33 Å². The number of anilines is 2. The van der Waals surface area contributed by atoms with E-state index in [0.29, 0.717) is 17.6 Å². The van der Waals surface area contributed by atoms with Crippen molar-refractivity contribution in [3.63, 3.8) is 0 Å². The summed E-state index contributed by atoms with van der Waals surface area (Å²) >= 11 is 0. The van der Waals surface area contributed by atoms with Crippen molar-refractivity contribution in [2.45, 2.75) is 31.7 Å². The number of likely N-dealkylation sites (tertiary alicyclic amines) is 1. The number of hydrogen-bond acceptors (Lipinski definition) is 6. The van der Waals surface area contributed by atoms with Crippen LogP contribution in [0, 0.1) is 0 Å². The van der Waals surface area contributed by atoms with E-state index < -0.39 is 0 Å². The quantitative estimate of drug-likeness (QED) is 0.893. The highest BCUT2D eigenvalue weighted by Crippen LogP contribution is 2.33. The second-order valence-corrected chi connectivity index (χ2v) is 5.60. The first kappa shape index (κ1) is 13.4. The summed E-state index contributed by atoms with van der Waals surface area (Å²) in [6.07, 6.45) is 6.75. The van der Waals surface area contributed by atoms with Gasteiger partial charge in [-0.05, 0) is 32.4 Å². The Morgan fingerprint density at radius 3 is 2.75 bits per heavy atom. The fourth-order valence-corrected chi connectivity index (χ4v) is 3.31. The minimum absolute atomic E-state index is 0.416. The van der Waals surface area contributed by atoms with Gasteiger partial charge in [0.1, 0.15) is 6.33 Å². The Morgan fingerprint density at radius 1 is 1.20 bits per heavy atom. The van der Waals surface area contributed by atoms with Gasteiger partial charge in [-0.2, -0.15) is 0 Å². The summed E-state index contributed by atoms with van der Waals surface area (Å²) < 4.78 is 5.36. The molecule has 6 nitrogen and oxygen atoms in total. The van der Waals surface area contributed by atoms with Crippen LogP contribution in [0.3, 0.4) is 0 Å². The van der Waals surface area contributed by atoms with Gasteiger partial charge in [-0.1, -0.05) is 6.42 Å². The van der Waals surface area contributed by atoms with Gasteiger partial charge in [0.15, 0.2) is 11.6 Å². The van der Waals surface area contributed by atoms with Gasteiger partial charge < -0.3 is 15.4 Å². The summed E-state index contributed by atoms with van der Waals surface area (Å²) in [5.41, 5.74) is 5.86. The Hall–Kier alpha value is -1.56. The summed E-state index contributed by atoms with van der Waals surface area (Å²) in [5.74, 6) is 1.85. The van der Waals surface area contributed by atoms with Crippen molar-refractivity contribution in [1.29, 1.82) is 0 Å². The third-order valence-electron chi connectivity index (χ3n) is 4.39. The van der Waals surface area contributed by atoms with Crippen molar-refractivity contribution in [1.82, 2.24) is 14.9 Å². The van der Waals surface area contributed by atoms with E-state index in [-0.39, 0.29) is 0 Å². The van der Waals surface area contributed by atoms with E-state index in [1.807, 2.05) is 0 Å². The van der Waals surface area contributed by atoms with Gasteiger partial charge in [0.2, 0.25) is 5.75 Å². The zero-order chi connectivity index (χ0) is 13.9. The number of nitrogens with two attached hydrogens (primary N) is 1. The fraction of sp³-hybridized carbons (Fsp3) is 0.714. The van der Waals surface area contributed by atoms with Crippen molar-refractivity contribution in [3.8, 4) is 5.75 Å². The molecule has 0 aromatic carbocycles. The number of nitrogen functional groups attached to an aromatic ring is 1. The van der Waals surface area contributed by atoms with E-state index in [1.165, 1.54) is 45.1 Å². The summed E-state index contributed by atoms with van der Waals surface area (Å²) in [6.45, 7) is 4.49. The number of rotatable bonds is 3. The molecule has 3 heterocycles. The molecule has 3 rings (SSSR count). The number of methoxy groups -OCH3 is 1. The predicted octanol–water partition coefficient (Wildman–Crippen LogP) is 1.13. The molecule has 2 fully saturated rings. The van der Waals surface area contributed by atoms with Gasteiger partial charge in [0.05, 0.1) is 7.11 Å². The molecule has 1 unspecified atom stereocenters. The van der Waals surface area contributed by atoms with Gasteiger partial charge in [0, 0.05) is 19.1 Å². The van der Waals surface area contributed by atoms with Crippen LogP contribution in [-0.2, 0) is 0 Å². The first-order valence-corrected chi connectivity index (χ1v) is 7.43. The number of piperidine rings is 1. The van der Waals surface area contributed by atoms with Crippen molar-refractivity contribution >= 4 is 11.6 Å². The minimum atomic E-state index is 0.416. The Bertz CT molecular complexity index is 461. The highest BCUT2D eigenvalue weighted by Gasteiger charge is 2.30. The lowest BCUT2D eigenvalue weighted by Gasteiger charge is -2.32. The maximum atomic E-state index is 5.86. The molecule has 0 bridgehead atoms. The average molecular weight is 277 g/mol. The molecule has 2 aliphatic heterocycles. The summed E-state index contributed by atoms with van der Waals surface area (Å²) in [5, 5.41) is 0. The second kappa shape index (κ2) is 5.83. The van der Waals surface area contributed by atoms with Crippen LogP contribution in [0.25, 0.3) is 0 Å². The summed E-state index contributed by atoms with van der Waals surface area (Å²) in [7, 11) is 1.62. The summed E-state index contributed by atoms with van der Waals surface area (Å²) in [4.78, 5) is 13.3. The van der Waals surface area contributed by atoms with E-state index in [4.69, 9.17) is 10.5 Å². The van der Waals surface area contributed by atoms with Crippen LogP contribution < -0.4 is 15.4 Å². The third kappa shape index (κ3) is 2.52. The zero-order valence-corrected chi connectivity index (χ0v) is 12.1. The summed E-state index contributed by atoms with van der Waals surface area (Å²) in [6, 6.07) is 0.635. The molecule has 0 saturated carbocycles. The van der Waals surface area contributed by atoms with Gasteiger partial charge in [-0.15, -0.1) is 0 Å². The molecule has 110 valence electrons. The standard InChI is InChI=1S/C14H23N5O/c1-20-12-13(15)16-10-17-14(12)19-8-5-11(9-19)18-6-3-2-4-7-18/h10-11H,2-9H2,1H3,(H2,15,16,17). The number of nitrogens with zero attached hydrogens (tertiary/aromatic N) is 4. The number of ether oxygens (including phenoxy) is 1. The molecule has 6 heteroatoms. The average Bonchev–Trinajstić information content (AvgIpc) is 2.97. The van der Waals surface area contributed by atoms with E-state index in [2.05, 4.69) is 19.8 Å². The van der Waals surface area contributed by atoms with Crippen LogP contribution >= 0.6 is 0 Å². The highest BCUT2D eigenvalue weighted by atomic mass is 16.5.